The predicted molar refractivity (Wildman–Crippen MR) is 126 cm³/mol. The van der Waals surface area contributed by atoms with Crippen LogP contribution in [-0.4, -0.2) is 47.0 Å². The molecule has 0 saturated heterocycles. The van der Waals surface area contributed by atoms with E-state index in [4.69, 9.17) is 0 Å². The van der Waals surface area contributed by atoms with Gasteiger partial charge < -0.3 is 19.0 Å². The van der Waals surface area contributed by atoms with Gasteiger partial charge in [-0.1, -0.05) is 11.3 Å². The molecule has 0 aromatic carbocycles. The molecule has 0 spiro atoms. The minimum atomic E-state index is -4.54. The third-order valence-corrected chi connectivity index (χ3v) is 7.59. The zero-order valence-corrected chi connectivity index (χ0v) is 20.3. The van der Waals surface area contributed by atoms with E-state index in [1.165, 1.54) is 13.3 Å². The number of halogens is 3. The molecule has 2 aliphatic carbocycles. The number of nitrogens with zero attached hydrogens (tertiary/aromatic N) is 6. The molecule has 2 aliphatic rings. The van der Waals surface area contributed by atoms with E-state index in [0.717, 1.165) is 48.1 Å². The number of hydrogen-bond donors (Lipinski definition) is 1. The highest BCUT2D eigenvalue weighted by Crippen LogP contribution is 2.39. The van der Waals surface area contributed by atoms with Crippen LogP contribution in [0.3, 0.4) is 0 Å². The fourth-order valence-electron chi connectivity index (χ4n) is 4.89. The van der Waals surface area contributed by atoms with Crippen molar-refractivity contribution in [3.8, 4) is 0 Å². The predicted octanol–water partition coefficient (Wildman–Crippen LogP) is 4.66. The van der Waals surface area contributed by atoms with Gasteiger partial charge in [0.1, 0.15) is 22.4 Å². The zero-order chi connectivity index (χ0) is 24.6. The second-order valence-corrected chi connectivity index (χ2v) is 10.4. The highest BCUT2D eigenvalue weighted by Gasteiger charge is 2.43. The van der Waals surface area contributed by atoms with Gasteiger partial charge in [-0.05, 0) is 45.6 Å². The molecular weight excluding hydrogens is 479 g/mol. The number of rotatable bonds is 5. The number of carbonyl (C=O) groups is 1. The van der Waals surface area contributed by atoms with E-state index in [-0.39, 0.29) is 15.9 Å². The summed E-state index contributed by atoms with van der Waals surface area (Å²) in [5, 5.41) is 0.811. The molecule has 35 heavy (non-hydrogen) atoms. The normalized spacial score (nSPS) is 17.1. The van der Waals surface area contributed by atoms with Crippen molar-refractivity contribution in [3.63, 3.8) is 0 Å². The Labute approximate surface area is 202 Å². The number of aromatic amines is 1. The van der Waals surface area contributed by atoms with E-state index in [2.05, 4.69) is 19.9 Å². The Morgan fingerprint density at radius 3 is 2.54 bits per heavy atom. The van der Waals surface area contributed by atoms with Gasteiger partial charge in [0, 0.05) is 35.9 Å². The van der Waals surface area contributed by atoms with Crippen LogP contribution in [0, 0.1) is 6.92 Å². The summed E-state index contributed by atoms with van der Waals surface area (Å²) in [7, 11) is 1.80. The fourth-order valence-corrected chi connectivity index (χ4v) is 5.69. The van der Waals surface area contributed by atoms with Crippen LogP contribution < -0.4 is 5.49 Å². The highest BCUT2D eigenvalue weighted by atomic mass is 32.1. The minimum Gasteiger partial charge on any atom is -0.342 e. The number of nitrogens with one attached hydrogen (secondary N) is 1. The van der Waals surface area contributed by atoms with E-state index >= 15 is 0 Å². The highest BCUT2D eigenvalue weighted by molar-refractivity contribution is 7.15. The van der Waals surface area contributed by atoms with Crippen molar-refractivity contribution in [1.29, 1.82) is 0 Å². The number of aryl methyl sites for hydroxylation is 3. The molecule has 0 aliphatic heterocycles. The molecule has 4 aromatic rings. The summed E-state index contributed by atoms with van der Waals surface area (Å²) >= 11 is 0.893. The number of H-pyrrole nitrogens is 1. The van der Waals surface area contributed by atoms with Gasteiger partial charge in [0.05, 0.1) is 6.33 Å². The number of carbonyl (C=O) groups excluding carboxylic acids is 1. The Kier molecular flexibility index (Phi) is 4.89. The quantitative estimate of drug-likeness (QED) is 0.430. The smallest absolute Gasteiger partial charge is 0.342 e. The molecule has 4 aromatic heterocycles. The fraction of sp³-hybridized carbons (Fsp3) is 0.478. The third kappa shape index (κ3) is 3.57. The Morgan fingerprint density at radius 2 is 1.97 bits per heavy atom. The van der Waals surface area contributed by atoms with Gasteiger partial charge in [-0.2, -0.15) is 18.2 Å². The second kappa shape index (κ2) is 7.67. The van der Waals surface area contributed by atoms with Crippen LogP contribution in [0.25, 0.3) is 22.1 Å². The van der Waals surface area contributed by atoms with Gasteiger partial charge in [-0.25, -0.2) is 9.97 Å². The molecule has 2 fully saturated rings. The Hall–Kier alpha value is -3.15. The van der Waals surface area contributed by atoms with Crippen LogP contribution in [0.2, 0.25) is 0 Å². The average Bonchev–Trinajstić information content (AvgIpc) is 3.68. The summed E-state index contributed by atoms with van der Waals surface area (Å²) in [6.07, 6.45) is 1.17. The molecule has 2 saturated carbocycles. The van der Waals surface area contributed by atoms with Crippen LogP contribution in [0.5, 0.6) is 0 Å². The molecule has 0 unspecified atom stereocenters. The largest absolute Gasteiger partial charge is 0.434 e. The number of thiazole rings is 1. The first-order valence-corrected chi connectivity index (χ1v) is 12.5. The van der Waals surface area contributed by atoms with E-state index in [1.54, 1.807) is 11.6 Å². The second-order valence-electron chi connectivity index (χ2n) is 9.21. The number of fused-ring (bicyclic) bond motifs is 3. The van der Waals surface area contributed by atoms with Gasteiger partial charge in [-0.15, -0.1) is 0 Å². The summed E-state index contributed by atoms with van der Waals surface area (Å²) in [6, 6.07) is 2.53. The van der Waals surface area contributed by atoms with Gasteiger partial charge in [0.2, 0.25) is 5.13 Å². The first kappa shape index (κ1) is 22.3. The lowest BCUT2D eigenvalue weighted by Gasteiger charge is -2.23. The monoisotopic (exact) mass is 503 g/mol. The Balaban J connectivity index is 1.57. The Morgan fingerprint density at radius 1 is 1.29 bits per heavy atom. The first-order valence-electron chi connectivity index (χ1n) is 11.7. The van der Waals surface area contributed by atoms with Crippen LogP contribution in [0.1, 0.15) is 53.7 Å². The van der Waals surface area contributed by atoms with Crippen molar-refractivity contribution in [3.05, 3.63) is 34.1 Å². The number of pyridine rings is 1. The number of amides is 1. The number of aromatic nitrogens is 5. The zero-order valence-electron chi connectivity index (χ0n) is 19.5. The SMILES string of the molecule is CCn1c(C(=O)N(C2CC2)C2CC2)cc2c3nc[nH]c3c(=Nc3nc(C(F)(F)F)c(C)s3)n(C)c21. The summed E-state index contributed by atoms with van der Waals surface area (Å²) < 4.78 is 43.7. The molecule has 184 valence electrons. The summed E-state index contributed by atoms with van der Waals surface area (Å²) in [4.78, 5) is 31.6. The number of imidazole rings is 1. The average molecular weight is 504 g/mol. The van der Waals surface area contributed by atoms with Crippen molar-refractivity contribution in [2.24, 2.45) is 12.0 Å². The topological polar surface area (TPSA) is 84.1 Å². The van der Waals surface area contributed by atoms with Gasteiger partial charge in [-0.3, -0.25) is 4.79 Å². The summed E-state index contributed by atoms with van der Waals surface area (Å²) in [5.41, 5.74) is 2.02. The first-order chi connectivity index (χ1) is 16.7. The van der Waals surface area contributed by atoms with Crippen molar-refractivity contribution < 1.29 is 18.0 Å². The van der Waals surface area contributed by atoms with Crippen LogP contribution in [-0.2, 0) is 19.8 Å². The summed E-state index contributed by atoms with van der Waals surface area (Å²) in [5.74, 6) is 0.0283. The maximum atomic E-state index is 13.7. The molecule has 4 heterocycles. The lowest BCUT2D eigenvalue weighted by Crippen LogP contribution is -2.36. The molecule has 0 radical (unpaired) electrons. The van der Waals surface area contributed by atoms with Crippen LogP contribution >= 0.6 is 11.3 Å². The molecule has 1 N–H and O–H groups in total. The van der Waals surface area contributed by atoms with E-state index < -0.39 is 11.9 Å². The number of alkyl halides is 3. The third-order valence-electron chi connectivity index (χ3n) is 6.73. The van der Waals surface area contributed by atoms with Gasteiger partial charge in [0.25, 0.3) is 5.91 Å². The van der Waals surface area contributed by atoms with E-state index in [1.807, 2.05) is 22.5 Å². The van der Waals surface area contributed by atoms with Crippen molar-refractivity contribution in [2.75, 3.05) is 0 Å². The molecule has 12 heteroatoms. The molecule has 0 atom stereocenters. The standard InChI is InChI=1S/C23H24F3N7OS/c1-4-32-15(21(34)33(12-5-6-12)13-7-8-13)9-14-16-17(28-10-27-16)19(31(3)20(14)32)30-22-29-18(11(2)35-22)23(24,25)26/h9-10,12-13H,4-8H2,1-3H3,(H,27,28). The van der Waals surface area contributed by atoms with Gasteiger partial charge >= 0.3 is 6.18 Å². The van der Waals surface area contributed by atoms with Crippen molar-refractivity contribution in [1.82, 2.24) is 29.0 Å². The molecule has 6 rings (SSSR count). The maximum Gasteiger partial charge on any atom is 0.434 e. The lowest BCUT2D eigenvalue weighted by atomic mass is 10.2. The molecule has 0 bridgehead atoms. The number of hydrogen-bond acceptors (Lipinski definition) is 5. The minimum absolute atomic E-state index is 0.0141. The van der Waals surface area contributed by atoms with Crippen LogP contribution in [0.15, 0.2) is 17.4 Å². The van der Waals surface area contributed by atoms with Crippen LogP contribution in [0.4, 0.5) is 18.3 Å². The maximum absolute atomic E-state index is 13.7. The lowest BCUT2D eigenvalue weighted by molar-refractivity contribution is -0.141. The summed E-state index contributed by atoms with van der Waals surface area (Å²) in [6.45, 7) is 3.91. The Bertz CT molecular complexity index is 1540. The van der Waals surface area contributed by atoms with E-state index in [0.29, 0.717) is 40.8 Å². The van der Waals surface area contributed by atoms with E-state index in [9.17, 15) is 18.0 Å². The molecule has 1 amide bonds. The molecular formula is C23H24F3N7OS. The van der Waals surface area contributed by atoms with Crippen molar-refractivity contribution in [2.45, 2.75) is 64.3 Å². The van der Waals surface area contributed by atoms with Crippen molar-refractivity contribution >= 4 is 44.4 Å². The van der Waals surface area contributed by atoms with Gasteiger partial charge in [0.15, 0.2) is 11.2 Å². The molecule has 8 nitrogen and oxygen atoms in total.